The van der Waals surface area contributed by atoms with E-state index in [-0.39, 0.29) is 29.8 Å². The molecule has 1 aromatic rings. The molecule has 1 saturated carbocycles. The van der Waals surface area contributed by atoms with Gasteiger partial charge in [-0.2, -0.15) is 4.31 Å². The molecule has 1 aromatic carbocycles. The average molecular weight is 316 g/mol. The Bertz CT molecular complexity index is 615. The van der Waals surface area contributed by atoms with Crippen LogP contribution in [0.3, 0.4) is 0 Å². The Morgan fingerprint density at radius 2 is 2.10 bits per heavy atom. The van der Waals surface area contributed by atoms with Crippen LogP contribution in [0.15, 0.2) is 17.0 Å². The normalized spacial score (nSPS) is 16.2. The summed E-state index contributed by atoms with van der Waals surface area (Å²) in [5.41, 5.74) is 6.49. The number of aryl methyl sites for hydroxylation is 1. The molecular weight excluding hydrogens is 295 g/mol. The minimum Gasteiger partial charge on any atom is -0.398 e. The zero-order chi connectivity index (χ0) is 15.6. The van der Waals surface area contributed by atoms with Gasteiger partial charge in [-0.1, -0.05) is 6.42 Å². The molecule has 0 radical (unpaired) electrons. The molecule has 2 rings (SSSR count). The lowest BCUT2D eigenvalue weighted by Crippen LogP contribution is -2.45. The number of aliphatic hydroxyl groups excluding tert-OH is 1. The molecule has 3 N–H and O–H groups in total. The second-order valence-corrected chi connectivity index (χ2v) is 7.28. The number of hydrogen-bond acceptors (Lipinski definition) is 4. The maximum Gasteiger partial charge on any atom is 0.246 e. The number of halogens is 1. The topological polar surface area (TPSA) is 83.6 Å². The highest BCUT2D eigenvalue weighted by molar-refractivity contribution is 7.89. The first kappa shape index (κ1) is 16.2. The van der Waals surface area contributed by atoms with E-state index in [1.807, 2.05) is 0 Å². The summed E-state index contributed by atoms with van der Waals surface area (Å²) in [7, 11) is -3.94. The molecule has 5 nitrogen and oxygen atoms in total. The van der Waals surface area contributed by atoms with Crippen molar-refractivity contribution in [3.05, 3.63) is 23.5 Å². The molecule has 1 aliphatic rings. The summed E-state index contributed by atoms with van der Waals surface area (Å²) in [6, 6.07) is 2.22. The summed E-state index contributed by atoms with van der Waals surface area (Å²) in [6.45, 7) is 1.72. The van der Waals surface area contributed by atoms with Crippen LogP contribution in [0, 0.1) is 12.7 Å². The molecule has 0 atom stereocenters. The van der Waals surface area contributed by atoms with Gasteiger partial charge >= 0.3 is 0 Å². The average Bonchev–Trinajstić information content (AvgIpc) is 2.36. The Hall–Kier alpha value is -1.18. The van der Waals surface area contributed by atoms with E-state index in [9.17, 15) is 12.8 Å². The van der Waals surface area contributed by atoms with E-state index >= 15 is 0 Å². The van der Waals surface area contributed by atoms with Crippen molar-refractivity contribution in [1.29, 1.82) is 0 Å². The molecular formula is C14H21FN2O3S. The Labute approximate surface area is 124 Å². The monoisotopic (exact) mass is 316 g/mol. The molecule has 0 amide bonds. The fourth-order valence-electron chi connectivity index (χ4n) is 2.39. The van der Waals surface area contributed by atoms with Crippen molar-refractivity contribution >= 4 is 15.7 Å². The van der Waals surface area contributed by atoms with E-state index in [4.69, 9.17) is 10.8 Å². The number of benzene rings is 1. The summed E-state index contributed by atoms with van der Waals surface area (Å²) in [6.07, 6.45) is 2.84. The highest BCUT2D eigenvalue weighted by Gasteiger charge is 2.36. The van der Waals surface area contributed by atoms with E-state index in [2.05, 4.69) is 0 Å². The molecule has 1 aliphatic carbocycles. The molecule has 0 aromatic heterocycles. The zero-order valence-electron chi connectivity index (χ0n) is 12.0. The number of aliphatic hydroxyl groups is 1. The van der Waals surface area contributed by atoms with E-state index in [0.29, 0.717) is 12.0 Å². The maximum atomic E-state index is 14.1. The molecule has 7 heteroatoms. The summed E-state index contributed by atoms with van der Waals surface area (Å²) < 4.78 is 40.8. The van der Waals surface area contributed by atoms with Crippen molar-refractivity contribution in [2.45, 2.75) is 43.5 Å². The SMILES string of the molecule is Cc1cc(F)c(S(=O)(=O)N(CCCO)C2CCC2)cc1N. The second-order valence-electron chi connectivity index (χ2n) is 5.42. The molecule has 0 aliphatic heterocycles. The summed E-state index contributed by atoms with van der Waals surface area (Å²) >= 11 is 0. The summed E-state index contributed by atoms with van der Waals surface area (Å²) in [5.74, 6) is -0.782. The minimum absolute atomic E-state index is 0.0999. The molecule has 0 saturated heterocycles. The lowest BCUT2D eigenvalue weighted by atomic mass is 9.93. The first-order chi connectivity index (χ1) is 9.87. The van der Waals surface area contributed by atoms with Crippen molar-refractivity contribution in [2.24, 2.45) is 0 Å². The molecule has 1 fully saturated rings. The Morgan fingerprint density at radius 3 is 2.62 bits per heavy atom. The van der Waals surface area contributed by atoms with Crippen molar-refractivity contribution < 1.29 is 17.9 Å². The van der Waals surface area contributed by atoms with E-state index in [1.54, 1.807) is 6.92 Å². The predicted octanol–water partition coefficient (Wildman–Crippen LogP) is 1.64. The van der Waals surface area contributed by atoms with Crippen molar-refractivity contribution in [3.8, 4) is 0 Å². The standard InChI is InChI=1S/C14H21FN2O3S/c1-10-8-12(15)14(9-13(10)16)21(19,20)17(6-3-7-18)11-4-2-5-11/h8-9,11,18H,2-7,16H2,1H3. The Kier molecular flexibility index (Phi) is 4.85. The first-order valence-corrected chi connectivity index (χ1v) is 8.50. The highest BCUT2D eigenvalue weighted by Crippen LogP contribution is 2.32. The van der Waals surface area contributed by atoms with Gasteiger partial charge < -0.3 is 10.8 Å². The second kappa shape index (κ2) is 6.29. The van der Waals surface area contributed by atoms with Crippen LogP contribution in [-0.2, 0) is 10.0 Å². The van der Waals surface area contributed by atoms with Crippen LogP contribution in [0.5, 0.6) is 0 Å². The molecule has 0 bridgehead atoms. The fourth-order valence-corrected chi connectivity index (χ4v) is 4.20. The summed E-state index contributed by atoms with van der Waals surface area (Å²) in [4.78, 5) is -0.379. The van der Waals surface area contributed by atoms with Crippen LogP contribution in [-0.4, -0.2) is 37.0 Å². The van der Waals surface area contributed by atoms with Gasteiger partial charge in [-0.3, -0.25) is 0 Å². The van der Waals surface area contributed by atoms with Gasteiger partial charge in [0.15, 0.2) is 0 Å². The third-order valence-electron chi connectivity index (χ3n) is 3.93. The van der Waals surface area contributed by atoms with E-state index in [0.717, 1.165) is 25.3 Å². The number of hydrogen-bond donors (Lipinski definition) is 2. The van der Waals surface area contributed by atoms with Crippen LogP contribution in [0.1, 0.15) is 31.2 Å². The van der Waals surface area contributed by atoms with Gasteiger partial charge in [0, 0.05) is 24.9 Å². The number of nitrogens with zero attached hydrogens (tertiary/aromatic N) is 1. The van der Waals surface area contributed by atoms with E-state index in [1.165, 1.54) is 10.4 Å². The van der Waals surface area contributed by atoms with E-state index < -0.39 is 15.8 Å². The molecule has 118 valence electrons. The minimum atomic E-state index is -3.94. The number of sulfonamides is 1. The Balaban J connectivity index is 2.40. The lowest BCUT2D eigenvalue weighted by molar-refractivity contribution is 0.198. The zero-order valence-corrected chi connectivity index (χ0v) is 12.9. The van der Waals surface area contributed by atoms with Crippen molar-refractivity contribution in [1.82, 2.24) is 4.31 Å². The molecule has 21 heavy (non-hydrogen) atoms. The van der Waals surface area contributed by atoms with Crippen LogP contribution in [0.25, 0.3) is 0 Å². The van der Waals surface area contributed by atoms with Gasteiger partial charge in [0.2, 0.25) is 10.0 Å². The predicted molar refractivity (Wildman–Crippen MR) is 78.8 cm³/mol. The van der Waals surface area contributed by atoms with Gasteiger partial charge in [-0.25, -0.2) is 12.8 Å². The third-order valence-corrected chi connectivity index (χ3v) is 5.89. The van der Waals surface area contributed by atoms with Crippen molar-refractivity contribution in [3.63, 3.8) is 0 Å². The number of nitrogens with two attached hydrogens (primary N) is 1. The summed E-state index contributed by atoms with van der Waals surface area (Å²) in [5, 5.41) is 8.94. The van der Waals surface area contributed by atoms with Gasteiger partial charge in [-0.05, 0) is 43.9 Å². The van der Waals surface area contributed by atoms with Gasteiger partial charge in [0.05, 0.1) is 0 Å². The Morgan fingerprint density at radius 1 is 1.43 bits per heavy atom. The van der Waals surface area contributed by atoms with Crippen LogP contribution in [0.4, 0.5) is 10.1 Å². The van der Waals surface area contributed by atoms with Gasteiger partial charge in [0.1, 0.15) is 10.7 Å². The molecule has 0 spiro atoms. The molecule has 0 unspecified atom stereocenters. The fraction of sp³-hybridized carbons (Fsp3) is 0.571. The first-order valence-electron chi connectivity index (χ1n) is 7.06. The lowest BCUT2D eigenvalue weighted by Gasteiger charge is -2.36. The van der Waals surface area contributed by atoms with Gasteiger partial charge in [-0.15, -0.1) is 0 Å². The highest BCUT2D eigenvalue weighted by atomic mass is 32.2. The van der Waals surface area contributed by atoms with Crippen LogP contribution in [0.2, 0.25) is 0 Å². The molecule has 0 heterocycles. The number of rotatable bonds is 6. The third kappa shape index (κ3) is 3.20. The number of anilines is 1. The van der Waals surface area contributed by atoms with Crippen molar-refractivity contribution in [2.75, 3.05) is 18.9 Å². The smallest absolute Gasteiger partial charge is 0.246 e. The number of nitrogen functional groups attached to an aromatic ring is 1. The van der Waals surface area contributed by atoms with Crippen LogP contribution >= 0.6 is 0 Å². The largest absolute Gasteiger partial charge is 0.398 e. The van der Waals surface area contributed by atoms with Gasteiger partial charge in [0.25, 0.3) is 0 Å². The quantitative estimate of drug-likeness (QED) is 0.782. The van der Waals surface area contributed by atoms with Crippen LogP contribution < -0.4 is 5.73 Å². The maximum absolute atomic E-state index is 14.1.